The molecule has 1 saturated carbocycles. The van der Waals surface area contributed by atoms with Crippen LogP contribution in [0.4, 0.5) is 0 Å². The van der Waals surface area contributed by atoms with Crippen molar-refractivity contribution in [2.45, 2.75) is 64.1 Å². The average molecular weight is 417 g/mol. The summed E-state index contributed by atoms with van der Waals surface area (Å²) in [5.41, 5.74) is 4.71. The lowest BCUT2D eigenvalue weighted by atomic mass is 9.58. The van der Waals surface area contributed by atoms with Crippen LogP contribution < -0.4 is 0 Å². The second-order valence-electron chi connectivity index (χ2n) is 8.36. The lowest BCUT2D eigenvalue weighted by molar-refractivity contribution is -0.164. The van der Waals surface area contributed by atoms with Crippen molar-refractivity contribution in [3.05, 3.63) is 22.8 Å². The fourth-order valence-corrected chi connectivity index (χ4v) is 6.08. The van der Waals surface area contributed by atoms with Crippen LogP contribution in [0.1, 0.15) is 58.3 Å². The zero-order chi connectivity index (χ0) is 15.7. The van der Waals surface area contributed by atoms with E-state index in [4.69, 9.17) is 9.47 Å². The first-order valence-corrected chi connectivity index (χ1v) is 9.34. The number of ether oxygens (including phenoxy) is 2. The molecule has 0 aromatic heterocycles. The minimum absolute atomic E-state index is 0. The summed E-state index contributed by atoms with van der Waals surface area (Å²) in [5.74, 6) is 1.41. The Balaban J connectivity index is 0.000000810. The smallest absolute Gasteiger partial charge is 0.172 e. The number of ketones is 1. The number of allylic oxidation sites excluding steroid dienone is 3. The summed E-state index contributed by atoms with van der Waals surface area (Å²) in [6.45, 7) is 3.72. The Bertz CT molecular complexity index is 636. The number of hydrogen-bond acceptors (Lipinski definition) is 3. The molecule has 4 aliphatic carbocycles. The van der Waals surface area contributed by atoms with Crippen molar-refractivity contribution < 1.29 is 14.3 Å². The van der Waals surface area contributed by atoms with E-state index in [1.165, 1.54) is 12.8 Å². The summed E-state index contributed by atoms with van der Waals surface area (Å²) in [4.78, 5) is 12.4. The van der Waals surface area contributed by atoms with Crippen LogP contribution in [0.25, 0.3) is 0 Å². The van der Waals surface area contributed by atoms with Gasteiger partial charge in [-0.15, -0.1) is 0 Å². The fourth-order valence-electron chi connectivity index (χ4n) is 6.08. The van der Waals surface area contributed by atoms with Gasteiger partial charge in [0.15, 0.2) is 5.79 Å². The van der Waals surface area contributed by atoms with Crippen molar-refractivity contribution in [1.29, 1.82) is 0 Å². The van der Waals surface area contributed by atoms with E-state index in [9.17, 15) is 4.79 Å². The molecular weight excluding hydrogens is 384 g/mol. The fraction of sp³-hybridized carbons (Fsp3) is 0.750. The second kappa shape index (κ2) is 7.86. The van der Waals surface area contributed by atoms with Crippen molar-refractivity contribution in [2.24, 2.45) is 17.3 Å². The third-order valence-electron chi connectivity index (χ3n) is 7.35. The molecule has 0 aromatic rings. The highest BCUT2D eigenvalue weighted by Crippen LogP contribution is 2.58. The van der Waals surface area contributed by atoms with Crippen LogP contribution in [0.15, 0.2) is 22.8 Å². The Morgan fingerprint density at radius 2 is 1.77 bits per heavy atom. The van der Waals surface area contributed by atoms with Crippen LogP contribution in [0, 0.1) is 17.3 Å². The van der Waals surface area contributed by atoms with Crippen LogP contribution >= 0.6 is 40.5 Å². The SMILES string of the molecule is C[C@]12CC=C3C4=C(CC[C@H]3[C@@H]1CCC2=O)CC1(CC4)OCCO1.S.S.S. The lowest BCUT2D eigenvalue weighted by Gasteiger charge is -2.46. The molecule has 2 fully saturated rings. The molecular formula is C20H32O3S3. The number of rotatable bonds is 0. The van der Waals surface area contributed by atoms with Crippen molar-refractivity contribution in [2.75, 3.05) is 13.2 Å². The molecule has 0 radical (unpaired) electrons. The minimum Gasteiger partial charge on any atom is -0.347 e. The van der Waals surface area contributed by atoms with E-state index >= 15 is 0 Å². The van der Waals surface area contributed by atoms with Gasteiger partial charge in [0, 0.05) is 24.7 Å². The molecule has 3 atom stereocenters. The maximum atomic E-state index is 12.4. The summed E-state index contributed by atoms with van der Waals surface area (Å²) in [6.07, 6.45) is 10.7. The first kappa shape index (κ1) is 22.4. The number of carbonyl (C=O) groups excluding carboxylic acids is 1. The number of carbonyl (C=O) groups is 1. The molecule has 1 saturated heterocycles. The molecule has 0 amide bonds. The largest absolute Gasteiger partial charge is 0.347 e. The van der Waals surface area contributed by atoms with Gasteiger partial charge in [-0.25, -0.2) is 0 Å². The van der Waals surface area contributed by atoms with Crippen molar-refractivity contribution in [3.63, 3.8) is 0 Å². The first-order valence-electron chi connectivity index (χ1n) is 9.34. The van der Waals surface area contributed by atoms with Gasteiger partial charge >= 0.3 is 0 Å². The quantitative estimate of drug-likeness (QED) is 0.591. The van der Waals surface area contributed by atoms with E-state index in [0.29, 0.717) is 17.6 Å². The minimum atomic E-state index is -0.307. The number of Topliss-reactive ketones (excluding diaryl/α,β-unsaturated/α-hetero) is 1. The summed E-state index contributed by atoms with van der Waals surface area (Å²) >= 11 is 0. The maximum Gasteiger partial charge on any atom is 0.172 e. The Kier molecular flexibility index (Phi) is 6.77. The monoisotopic (exact) mass is 416 g/mol. The standard InChI is InChI=1S/C20H26O3.3H2S/c1-19-8-6-15-14-7-9-20(22-10-11-23-20)12-13(14)2-3-16(15)17(19)4-5-18(19)21;;;/h6,16-17H,2-5,7-12H2,1H3;3*1H2/t16-,17+,19+;;;/m1.../s1. The molecule has 1 heterocycles. The third kappa shape index (κ3) is 3.14. The van der Waals surface area contributed by atoms with E-state index in [1.807, 2.05) is 0 Å². The molecule has 3 nitrogen and oxygen atoms in total. The van der Waals surface area contributed by atoms with Gasteiger partial charge in [0.1, 0.15) is 5.78 Å². The van der Waals surface area contributed by atoms with Crippen molar-refractivity contribution >= 4 is 46.3 Å². The molecule has 0 N–H and O–H groups in total. The molecule has 0 aromatic carbocycles. The van der Waals surface area contributed by atoms with E-state index in [0.717, 1.165) is 51.7 Å². The number of fused-ring (bicyclic) bond motifs is 4. The van der Waals surface area contributed by atoms with Gasteiger partial charge in [-0.2, -0.15) is 40.5 Å². The topological polar surface area (TPSA) is 35.5 Å². The Morgan fingerprint density at radius 1 is 1.04 bits per heavy atom. The average Bonchev–Trinajstić information content (AvgIpc) is 3.12. The van der Waals surface area contributed by atoms with E-state index in [-0.39, 0.29) is 51.7 Å². The third-order valence-corrected chi connectivity index (χ3v) is 7.35. The van der Waals surface area contributed by atoms with E-state index in [1.54, 1.807) is 16.7 Å². The van der Waals surface area contributed by atoms with Gasteiger partial charge in [0.05, 0.1) is 13.2 Å². The summed E-state index contributed by atoms with van der Waals surface area (Å²) in [6, 6.07) is 0. The molecule has 5 rings (SSSR count). The van der Waals surface area contributed by atoms with Gasteiger partial charge in [0.25, 0.3) is 0 Å². The predicted octanol–water partition coefficient (Wildman–Crippen LogP) is 4.27. The van der Waals surface area contributed by atoms with Gasteiger partial charge in [-0.3, -0.25) is 4.79 Å². The molecule has 1 spiro atoms. The second-order valence-corrected chi connectivity index (χ2v) is 8.36. The van der Waals surface area contributed by atoms with E-state index in [2.05, 4.69) is 13.0 Å². The van der Waals surface area contributed by atoms with Crippen LogP contribution in [-0.2, 0) is 14.3 Å². The zero-order valence-corrected chi connectivity index (χ0v) is 18.5. The van der Waals surface area contributed by atoms with Gasteiger partial charge < -0.3 is 9.47 Å². The van der Waals surface area contributed by atoms with Gasteiger partial charge in [-0.05, 0) is 55.1 Å². The summed E-state index contributed by atoms with van der Waals surface area (Å²) in [7, 11) is 0. The van der Waals surface area contributed by atoms with Crippen LogP contribution in [-0.4, -0.2) is 24.8 Å². The Labute approximate surface area is 177 Å². The normalized spacial score (nSPS) is 36.8. The highest BCUT2D eigenvalue weighted by atomic mass is 32.1. The maximum absolute atomic E-state index is 12.4. The zero-order valence-electron chi connectivity index (χ0n) is 15.5. The molecule has 0 bridgehead atoms. The molecule has 26 heavy (non-hydrogen) atoms. The van der Waals surface area contributed by atoms with E-state index < -0.39 is 0 Å². The van der Waals surface area contributed by atoms with Crippen molar-refractivity contribution in [3.8, 4) is 0 Å². The molecule has 0 unspecified atom stereocenters. The molecule has 6 heteroatoms. The molecule has 148 valence electrons. The predicted molar refractivity (Wildman–Crippen MR) is 118 cm³/mol. The molecule has 1 aliphatic heterocycles. The highest BCUT2D eigenvalue weighted by molar-refractivity contribution is 7.59. The first-order chi connectivity index (χ1) is 11.1. The van der Waals surface area contributed by atoms with Gasteiger partial charge in [0.2, 0.25) is 0 Å². The highest BCUT2D eigenvalue weighted by Gasteiger charge is 2.53. The number of hydrogen-bond donors (Lipinski definition) is 0. The lowest BCUT2D eigenvalue weighted by Crippen LogP contribution is -2.41. The Morgan fingerprint density at radius 3 is 2.50 bits per heavy atom. The van der Waals surface area contributed by atoms with Crippen LogP contribution in [0.5, 0.6) is 0 Å². The molecule has 5 aliphatic rings. The summed E-state index contributed by atoms with van der Waals surface area (Å²) in [5, 5.41) is 0. The van der Waals surface area contributed by atoms with Crippen molar-refractivity contribution in [1.82, 2.24) is 0 Å². The Hall–Kier alpha value is 0.120. The van der Waals surface area contributed by atoms with Crippen LogP contribution in [0.3, 0.4) is 0 Å². The van der Waals surface area contributed by atoms with Gasteiger partial charge in [-0.1, -0.05) is 18.6 Å². The summed E-state index contributed by atoms with van der Waals surface area (Å²) < 4.78 is 11.9. The van der Waals surface area contributed by atoms with Crippen LogP contribution in [0.2, 0.25) is 0 Å².